The Bertz CT molecular complexity index is 714. The van der Waals surface area contributed by atoms with E-state index in [1.165, 1.54) is 0 Å². The van der Waals surface area contributed by atoms with Gasteiger partial charge in [0, 0.05) is 10.7 Å². The summed E-state index contributed by atoms with van der Waals surface area (Å²) in [6.45, 7) is 0. The maximum Gasteiger partial charge on any atom is 0.245 e. The van der Waals surface area contributed by atoms with Crippen LogP contribution in [0.2, 0.25) is 10.2 Å². The van der Waals surface area contributed by atoms with Gasteiger partial charge in [-0.3, -0.25) is 0 Å². The van der Waals surface area contributed by atoms with E-state index >= 15 is 0 Å². The number of aromatic nitrogens is 4. The van der Waals surface area contributed by atoms with E-state index in [1.54, 1.807) is 12.1 Å². The van der Waals surface area contributed by atoms with E-state index in [4.69, 9.17) is 23.2 Å². The number of rotatable bonds is 2. The van der Waals surface area contributed by atoms with Crippen LogP contribution in [-0.2, 0) is 0 Å². The summed E-state index contributed by atoms with van der Waals surface area (Å²) in [5.74, 6) is 0.363. The molecule has 6 nitrogen and oxygen atoms in total. The lowest BCUT2D eigenvalue weighted by Gasteiger charge is -2.06. The molecule has 0 unspecified atom stereocenters. The largest absolute Gasteiger partial charge is 0.338 e. The Balaban J connectivity index is 2.01. The Labute approximate surface area is 111 Å². The van der Waals surface area contributed by atoms with Crippen LogP contribution in [0, 0.1) is 0 Å². The molecule has 2 aromatic heterocycles. The number of anilines is 2. The second kappa shape index (κ2) is 4.40. The second-order valence-electron chi connectivity index (χ2n) is 3.41. The van der Waals surface area contributed by atoms with Crippen molar-refractivity contribution in [3.05, 3.63) is 34.4 Å². The molecule has 18 heavy (non-hydrogen) atoms. The predicted molar refractivity (Wildman–Crippen MR) is 67.1 cm³/mol. The van der Waals surface area contributed by atoms with Crippen LogP contribution in [-0.4, -0.2) is 20.3 Å². The van der Waals surface area contributed by atoms with Crippen molar-refractivity contribution in [1.29, 1.82) is 0 Å². The van der Waals surface area contributed by atoms with E-state index in [1.807, 2.05) is 12.1 Å². The van der Waals surface area contributed by atoms with Crippen molar-refractivity contribution in [3.8, 4) is 0 Å². The van der Waals surface area contributed by atoms with Crippen LogP contribution < -0.4 is 5.32 Å². The van der Waals surface area contributed by atoms with Crippen LogP contribution >= 0.6 is 23.2 Å². The molecule has 0 aliphatic carbocycles. The van der Waals surface area contributed by atoms with Gasteiger partial charge >= 0.3 is 0 Å². The van der Waals surface area contributed by atoms with Gasteiger partial charge in [0.05, 0.1) is 0 Å². The molecule has 3 rings (SSSR count). The Morgan fingerprint density at radius 3 is 2.61 bits per heavy atom. The molecular weight excluding hydrogens is 277 g/mol. The van der Waals surface area contributed by atoms with Gasteiger partial charge in [-0.2, -0.15) is 0 Å². The molecule has 0 aliphatic rings. The van der Waals surface area contributed by atoms with E-state index < -0.39 is 0 Å². The number of hydrogen-bond acceptors (Lipinski definition) is 6. The molecule has 0 amide bonds. The fourth-order valence-corrected chi connectivity index (χ4v) is 1.76. The third-order valence-electron chi connectivity index (χ3n) is 2.16. The van der Waals surface area contributed by atoms with Crippen LogP contribution in [0.25, 0.3) is 11.3 Å². The van der Waals surface area contributed by atoms with Crippen LogP contribution in [0.4, 0.5) is 11.5 Å². The first-order chi connectivity index (χ1) is 8.72. The molecule has 2 heterocycles. The zero-order chi connectivity index (χ0) is 12.5. The highest BCUT2D eigenvalue weighted by Gasteiger charge is 2.11. The maximum absolute atomic E-state index is 5.97. The molecule has 90 valence electrons. The van der Waals surface area contributed by atoms with Crippen molar-refractivity contribution in [2.75, 3.05) is 5.32 Å². The van der Waals surface area contributed by atoms with Gasteiger partial charge in [-0.25, -0.2) is 14.6 Å². The van der Waals surface area contributed by atoms with E-state index in [-0.39, 0.29) is 16.4 Å². The van der Waals surface area contributed by atoms with Gasteiger partial charge in [0.25, 0.3) is 0 Å². The fourth-order valence-electron chi connectivity index (χ4n) is 1.40. The highest BCUT2D eigenvalue weighted by atomic mass is 35.5. The van der Waals surface area contributed by atoms with Gasteiger partial charge in [-0.05, 0) is 28.5 Å². The topological polar surface area (TPSA) is 76.7 Å². The molecule has 0 radical (unpaired) electrons. The van der Waals surface area contributed by atoms with Gasteiger partial charge in [-0.15, -0.1) is 0 Å². The zero-order valence-corrected chi connectivity index (χ0v) is 10.3. The number of halogens is 2. The van der Waals surface area contributed by atoms with Gasteiger partial charge in [0.2, 0.25) is 11.3 Å². The molecule has 1 aromatic carbocycles. The van der Waals surface area contributed by atoms with Crippen molar-refractivity contribution < 1.29 is 4.63 Å². The Hall–Kier alpha value is -1.92. The number of fused-ring (bicyclic) bond motifs is 1. The van der Waals surface area contributed by atoms with Crippen molar-refractivity contribution in [2.24, 2.45) is 0 Å². The smallest absolute Gasteiger partial charge is 0.245 e. The van der Waals surface area contributed by atoms with Crippen LogP contribution in [0.3, 0.4) is 0 Å². The maximum atomic E-state index is 5.97. The number of benzene rings is 1. The molecule has 0 saturated heterocycles. The Morgan fingerprint density at radius 2 is 1.83 bits per heavy atom. The number of nitrogens with zero attached hydrogens (tertiary/aromatic N) is 4. The van der Waals surface area contributed by atoms with E-state index in [2.05, 4.69) is 30.2 Å². The molecule has 0 spiro atoms. The van der Waals surface area contributed by atoms with Crippen LogP contribution in [0.15, 0.2) is 28.9 Å². The number of nitrogens with one attached hydrogen (secondary N) is 1. The van der Waals surface area contributed by atoms with Gasteiger partial charge in [-0.1, -0.05) is 29.3 Å². The molecule has 0 saturated carbocycles. The summed E-state index contributed by atoms with van der Waals surface area (Å²) in [6.07, 6.45) is 0. The average Bonchev–Trinajstić information content (AvgIpc) is 2.76. The average molecular weight is 282 g/mol. The minimum Gasteiger partial charge on any atom is -0.338 e. The van der Waals surface area contributed by atoms with Crippen LogP contribution in [0.1, 0.15) is 0 Å². The first-order valence-electron chi connectivity index (χ1n) is 4.91. The quantitative estimate of drug-likeness (QED) is 0.778. The minimum atomic E-state index is 0.179. The molecule has 0 fully saturated rings. The molecule has 0 bridgehead atoms. The molecule has 0 atom stereocenters. The molecule has 3 aromatic rings. The minimum absolute atomic E-state index is 0.179. The standard InChI is InChI=1S/C10H5Cl2N5O/c11-5-2-1-3-6(4-5)13-8-7(12)14-9-10(15-8)17-18-16-9/h1-4H,(H,13,15,17). The van der Waals surface area contributed by atoms with Crippen molar-refractivity contribution >= 4 is 46.0 Å². The summed E-state index contributed by atoms with van der Waals surface area (Å²) in [7, 11) is 0. The third kappa shape index (κ3) is 2.07. The van der Waals surface area contributed by atoms with Crippen molar-refractivity contribution in [3.63, 3.8) is 0 Å². The normalized spacial score (nSPS) is 10.8. The summed E-state index contributed by atoms with van der Waals surface area (Å²) in [5.41, 5.74) is 1.29. The summed E-state index contributed by atoms with van der Waals surface area (Å²) >= 11 is 11.9. The zero-order valence-electron chi connectivity index (χ0n) is 8.76. The molecular formula is C10H5Cl2N5O. The Morgan fingerprint density at radius 1 is 1.06 bits per heavy atom. The third-order valence-corrected chi connectivity index (χ3v) is 2.66. The van der Waals surface area contributed by atoms with Crippen molar-refractivity contribution in [1.82, 2.24) is 20.3 Å². The first-order valence-corrected chi connectivity index (χ1v) is 5.66. The van der Waals surface area contributed by atoms with E-state index in [0.717, 1.165) is 5.69 Å². The van der Waals surface area contributed by atoms with Gasteiger partial charge in [0.15, 0.2) is 11.0 Å². The summed E-state index contributed by atoms with van der Waals surface area (Å²) in [6, 6.07) is 7.15. The molecule has 1 N–H and O–H groups in total. The lowest BCUT2D eigenvalue weighted by atomic mass is 10.3. The Kier molecular flexibility index (Phi) is 2.73. The SMILES string of the molecule is Clc1cccc(Nc2nc3nonc3nc2Cl)c1. The molecule has 8 heteroatoms. The highest BCUT2D eigenvalue weighted by molar-refractivity contribution is 6.32. The summed E-state index contributed by atoms with van der Waals surface area (Å²) in [5, 5.41) is 10.9. The van der Waals surface area contributed by atoms with Gasteiger partial charge in [0.1, 0.15) is 0 Å². The van der Waals surface area contributed by atoms with Crippen LogP contribution in [0.5, 0.6) is 0 Å². The predicted octanol–water partition coefficient (Wildman–Crippen LogP) is 3.06. The lowest BCUT2D eigenvalue weighted by molar-refractivity contribution is 0.314. The number of hydrogen-bond donors (Lipinski definition) is 1. The monoisotopic (exact) mass is 281 g/mol. The van der Waals surface area contributed by atoms with Gasteiger partial charge < -0.3 is 5.32 Å². The second-order valence-corrected chi connectivity index (χ2v) is 4.20. The van der Waals surface area contributed by atoms with Crippen molar-refractivity contribution in [2.45, 2.75) is 0 Å². The molecule has 0 aliphatic heterocycles. The van der Waals surface area contributed by atoms with E-state index in [0.29, 0.717) is 10.8 Å². The summed E-state index contributed by atoms with van der Waals surface area (Å²) < 4.78 is 4.51. The van der Waals surface area contributed by atoms with E-state index in [9.17, 15) is 0 Å². The lowest BCUT2D eigenvalue weighted by Crippen LogP contribution is -1.97. The first kappa shape index (κ1) is 11.2. The summed E-state index contributed by atoms with van der Waals surface area (Å²) in [4.78, 5) is 8.14. The highest BCUT2D eigenvalue weighted by Crippen LogP contribution is 2.24. The fraction of sp³-hybridized carbons (Fsp3) is 0.